The standard InChI is InChI=1S/C18H26N2O2.ClH/c1-14-5-7-15(8-6-14)17-16(4-2-13-22-17)18(21)20-11-3-9-19-10-12-20;/h5-8,16-17,19H,2-4,9-13H2,1H3;1H. The van der Waals surface area contributed by atoms with E-state index in [1.807, 2.05) is 4.90 Å². The predicted molar refractivity (Wildman–Crippen MR) is 93.9 cm³/mol. The maximum atomic E-state index is 13.0. The summed E-state index contributed by atoms with van der Waals surface area (Å²) in [5.41, 5.74) is 2.37. The molecule has 3 rings (SSSR count). The summed E-state index contributed by atoms with van der Waals surface area (Å²) >= 11 is 0. The minimum atomic E-state index is -0.0851. The monoisotopic (exact) mass is 338 g/mol. The van der Waals surface area contributed by atoms with Crippen LogP contribution in [0, 0.1) is 12.8 Å². The van der Waals surface area contributed by atoms with Gasteiger partial charge in [0.2, 0.25) is 5.91 Å². The Morgan fingerprint density at radius 1 is 1.17 bits per heavy atom. The third-order valence-electron chi connectivity index (χ3n) is 4.70. The van der Waals surface area contributed by atoms with Crippen molar-refractivity contribution in [3.63, 3.8) is 0 Å². The van der Waals surface area contributed by atoms with Gasteiger partial charge in [-0.05, 0) is 38.3 Å². The number of nitrogens with zero attached hydrogens (tertiary/aromatic N) is 1. The van der Waals surface area contributed by atoms with Gasteiger partial charge in [-0.3, -0.25) is 4.79 Å². The zero-order valence-electron chi connectivity index (χ0n) is 13.8. The highest BCUT2D eigenvalue weighted by molar-refractivity contribution is 5.85. The highest BCUT2D eigenvalue weighted by Gasteiger charge is 2.35. The van der Waals surface area contributed by atoms with Crippen LogP contribution in [0.4, 0.5) is 0 Å². The van der Waals surface area contributed by atoms with Crippen molar-refractivity contribution in [1.82, 2.24) is 10.2 Å². The fourth-order valence-corrected chi connectivity index (χ4v) is 3.42. The van der Waals surface area contributed by atoms with E-state index in [-0.39, 0.29) is 30.3 Å². The van der Waals surface area contributed by atoms with E-state index in [0.29, 0.717) is 0 Å². The van der Waals surface area contributed by atoms with Gasteiger partial charge in [0, 0.05) is 26.2 Å². The van der Waals surface area contributed by atoms with E-state index < -0.39 is 0 Å². The summed E-state index contributed by atoms with van der Waals surface area (Å²) in [6.07, 6.45) is 2.86. The molecule has 23 heavy (non-hydrogen) atoms. The van der Waals surface area contributed by atoms with E-state index in [1.165, 1.54) is 5.56 Å². The van der Waals surface area contributed by atoms with E-state index in [2.05, 4.69) is 36.5 Å². The summed E-state index contributed by atoms with van der Waals surface area (Å²) in [5, 5.41) is 3.36. The zero-order valence-corrected chi connectivity index (χ0v) is 14.6. The van der Waals surface area contributed by atoms with Crippen molar-refractivity contribution in [3.8, 4) is 0 Å². The molecule has 0 radical (unpaired) electrons. The van der Waals surface area contributed by atoms with E-state index in [1.54, 1.807) is 0 Å². The summed E-state index contributed by atoms with van der Waals surface area (Å²) in [4.78, 5) is 15.0. The SMILES string of the molecule is Cc1ccc(C2OCCCC2C(=O)N2CCCNCC2)cc1.Cl. The molecule has 128 valence electrons. The maximum Gasteiger partial charge on any atom is 0.228 e. The van der Waals surface area contributed by atoms with E-state index >= 15 is 0 Å². The maximum absolute atomic E-state index is 13.0. The number of carbonyl (C=O) groups is 1. The Morgan fingerprint density at radius 3 is 2.74 bits per heavy atom. The number of benzene rings is 1. The Labute approximate surface area is 145 Å². The molecule has 4 nitrogen and oxygen atoms in total. The summed E-state index contributed by atoms with van der Waals surface area (Å²) in [7, 11) is 0. The quantitative estimate of drug-likeness (QED) is 0.901. The van der Waals surface area contributed by atoms with Crippen molar-refractivity contribution in [2.24, 2.45) is 5.92 Å². The van der Waals surface area contributed by atoms with Gasteiger partial charge in [-0.15, -0.1) is 12.4 Å². The Bertz CT molecular complexity index is 498. The molecule has 0 aromatic heterocycles. The number of rotatable bonds is 2. The average Bonchev–Trinajstić information content (AvgIpc) is 2.84. The fourth-order valence-electron chi connectivity index (χ4n) is 3.42. The lowest BCUT2D eigenvalue weighted by molar-refractivity contribution is -0.145. The minimum absolute atomic E-state index is 0. The van der Waals surface area contributed by atoms with Crippen LogP contribution in [0.15, 0.2) is 24.3 Å². The van der Waals surface area contributed by atoms with Gasteiger partial charge in [0.05, 0.1) is 12.0 Å². The van der Waals surface area contributed by atoms with Crippen molar-refractivity contribution in [2.45, 2.75) is 32.3 Å². The van der Waals surface area contributed by atoms with Gasteiger partial charge in [-0.2, -0.15) is 0 Å². The lowest BCUT2D eigenvalue weighted by atomic mass is 9.88. The molecule has 2 heterocycles. The smallest absolute Gasteiger partial charge is 0.228 e. The second-order valence-corrected chi connectivity index (χ2v) is 6.38. The molecule has 0 spiro atoms. The first-order chi connectivity index (χ1) is 10.8. The van der Waals surface area contributed by atoms with Gasteiger partial charge >= 0.3 is 0 Å². The van der Waals surface area contributed by atoms with E-state index in [4.69, 9.17) is 4.74 Å². The molecular weight excluding hydrogens is 312 g/mol. The van der Waals surface area contributed by atoms with Gasteiger partial charge in [-0.1, -0.05) is 29.8 Å². The van der Waals surface area contributed by atoms with Crippen LogP contribution in [-0.4, -0.2) is 43.6 Å². The molecule has 0 bridgehead atoms. The number of carbonyl (C=O) groups excluding carboxylic acids is 1. The average molecular weight is 339 g/mol. The number of aryl methyl sites for hydroxylation is 1. The summed E-state index contributed by atoms with van der Waals surface area (Å²) in [6, 6.07) is 8.42. The molecule has 1 N–H and O–H groups in total. The molecule has 2 aliphatic heterocycles. The largest absolute Gasteiger partial charge is 0.373 e. The van der Waals surface area contributed by atoms with Gasteiger partial charge < -0.3 is 15.0 Å². The van der Waals surface area contributed by atoms with Crippen molar-refractivity contribution in [3.05, 3.63) is 35.4 Å². The highest BCUT2D eigenvalue weighted by Crippen LogP contribution is 2.35. The van der Waals surface area contributed by atoms with E-state index in [0.717, 1.165) is 57.6 Å². The van der Waals surface area contributed by atoms with Gasteiger partial charge in [0.1, 0.15) is 0 Å². The van der Waals surface area contributed by atoms with Crippen LogP contribution in [0.5, 0.6) is 0 Å². The molecule has 2 fully saturated rings. The van der Waals surface area contributed by atoms with Crippen molar-refractivity contribution >= 4 is 18.3 Å². The summed E-state index contributed by atoms with van der Waals surface area (Å²) in [5.74, 6) is 0.239. The Hall–Kier alpha value is -1.10. The second-order valence-electron chi connectivity index (χ2n) is 6.38. The fraction of sp³-hybridized carbons (Fsp3) is 0.611. The van der Waals surface area contributed by atoms with Crippen LogP contribution < -0.4 is 5.32 Å². The first kappa shape index (κ1) is 18.2. The lowest BCUT2D eigenvalue weighted by Crippen LogP contribution is -2.42. The number of hydrogen-bond acceptors (Lipinski definition) is 3. The molecule has 1 amide bonds. The molecule has 2 saturated heterocycles. The van der Waals surface area contributed by atoms with Gasteiger partial charge in [0.25, 0.3) is 0 Å². The van der Waals surface area contributed by atoms with Crippen LogP contribution in [0.3, 0.4) is 0 Å². The number of amides is 1. The van der Waals surface area contributed by atoms with Crippen molar-refractivity contribution < 1.29 is 9.53 Å². The molecule has 2 aliphatic rings. The Morgan fingerprint density at radius 2 is 1.96 bits per heavy atom. The van der Waals surface area contributed by atoms with Crippen LogP contribution in [-0.2, 0) is 9.53 Å². The highest BCUT2D eigenvalue weighted by atomic mass is 35.5. The predicted octanol–water partition coefficient (Wildman–Crippen LogP) is 2.71. The van der Waals surface area contributed by atoms with Gasteiger partial charge in [-0.25, -0.2) is 0 Å². The van der Waals surface area contributed by atoms with Gasteiger partial charge in [0.15, 0.2) is 0 Å². The Kier molecular flexibility index (Phi) is 6.88. The number of hydrogen-bond donors (Lipinski definition) is 1. The minimum Gasteiger partial charge on any atom is -0.373 e. The molecule has 0 saturated carbocycles. The topological polar surface area (TPSA) is 41.6 Å². The third kappa shape index (κ3) is 4.46. The van der Waals surface area contributed by atoms with Crippen LogP contribution in [0.1, 0.15) is 36.5 Å². The molecule has 2 unspecified atom stereocenters. The molecule has 2 atom stereocenters. The van der Waals surface area contributed by atoms with Crippen molar-refractivity contribution in [1.29, 1.82) is 0 Å². The van der Waals surface area contributed by atoms with Crippen LogP contribution in [0.25, 0.3) is 0 Å². The Balaban J connectivity index is 0.00000192. The molecule has 1 aromatic rings. The number of halogens is 1. The number of nitrogens with one attached hydrogen (secondary N) is 1. The van der Waals surface area contributed by atoms with E-state index in [9.17, 15) is 4.79 Å². The first-order valence-corrected chi connectivity index (χ1v) is 8.43. The first-order valence-electron chi connectivity index (χ1n) is 8.43. The summed E-state index contributed by atoms with van der Waals surface area (Å²) < 4.78 is 6.00. The second kappa shape index (κ2) is 8.67. The molecule has 1 aromatic carbocycles. The van der Waals surface area contributed by atoms with Crippen LogP contribution in [0.2, 0.25) is 0 Å². The normalized spacial score (nSPS) is 25.3. The van der Waals surface area contributed by atoms with Crippen LogP contribution >= 0.6 is 12.4 Å². The lowest BCUT2D eigenvalue weighted by Gasteiger charge is -2.34. The molecular formula is C18H27ClN2O2. The zero-order chi connectivity index (χ0) is 15.4. The molecule has 0 aliphatic carbocycles. The molecule has 5 heteroatoms. The van der Waals surface area contributed by atoms with Crippen molar-refractivity contribution in [2.75, 3.05) is 32.8 Å². The third-order valence-corrected chi connectivity index (χ3v) is 4.70. The number of ether oxygens (including phenoxy) is 1. The summed E-state index contributed by atoms with van der Waals surface area (Å²) in [6.45, 7) is 6.42.